The number of fused-ring (bicyclic) bond motifs is 1. The molecule has 2 aromatic rings. The number of likely N-dealkylation sites (N-methyl/N-ethyl adjacent to an activating group) is 1. The summed E-state index contributed by atoms with van der Waals surface area (Å²) in [5, 5.41) is 2.76. The second-order valence-corrected chi connectivity index (χ2v) is 5.75. The highest BCUT2D eigenvalue weighted by Crippen LogP contribution is 2.24. The van der Waals surface area contributed by atoms with Crippen molar-refractivity contribution in [2.45, 2.75) is 13.0 Å². The number of methoxy groups -OCH3 is 1. The van der Waals surface area contributed by atoms with E-state index in [0.29, 0.717) is 5.69 Å². The Bertz CT molecular complexity index is 746. The smallest absolute Gasteiger partial charge is 0.258 e. The third-order valence-corrected chi connectivity index (χ3v) is 4.10. The van der Waals surface area contributed by atoms with E-state index in [4.69, 9.17) is 4.74 Å². The Hall–Kier alpha value is -2.40. The minimum Gasteiger partial charge on any atom is -0.494 e. The molecule has 4 nitrogen and oxygen atoms in total. The van der Waals surface area contributed by atoms with Gasteiger partial charge in [-0.1, -0.05) is 12.1 Å². The van der Waals surface area contributed by atoms with Gasteiger partial charge in [0.05, 0.1) is 12.7 Å². The van der Waals surface area contributed by atoms with Gasteiger partial charge in [0.2, 0.25) is 0 Å². The van der Waals surface area contributed by atoms with Crippen molar-refractivity contribution in [3.05, 3.63) is 58.9 Å². The number of nitrogens with one attached hydrogen (secondary N) is 1. The summed E-state index contributed by atoms with van der Waals surface area (Å²) in [5.41, 5.74) is 3.14. The molecule has 1 heterocycles. The van der Waals surface area contributed by atoms with Crippen LogP contribution in [-0.2, 0) is 13.0 Å². The van der Waals surface area contributed by atoms with Crippen LogP contribution >= 0.6 is 0 Å². The van der Waals surface area contributed by atoms with Crippen molar-refractivity contribution in [3.8, 4) is 5.75 Å². The second-order valence-electron chi connectivity index (χ2n) is 5.75. The Morgan fingerprint density at radius 3 is 2.87 bits per heavy atom. The van der Waals surface area contributed by atoms with Crippen LogP contribution in [0.5, 0.6) is 5.75 Å². The summed E-state index contributed by atoms with van der Waals surface area (Å²) in [5.74, 6) is -1.07. The van der Waals surface area contributed by atoms with Gasteiger partial charge in [-0.25, -0.2) is 4.39 Å². The molecule has 0 radical (unpaired) electrons. The van der Waals surface area contributed by atoms with Gasteiger partial charge in [0.25, 0.3) is 5.91 Å². The lowest BCUT2D eigenvalue weighted by atomic mass is 9.99. The van der Waals surface area contributed by atoms with Crippen LogP contribution in [-0.4, -0.2) is 31.5 Å². The van der Waals surface area contributed by atoms with E-state index in [2.05, 4.69) is 17.3 Å². The van der Waals surface area contributed by atoms with Crippen molar-refractivity contribution in [3.63, 3.8) is 0 Å². The molecule has 3 rings (SSSR count). The molecule has 0 saturated carbocycles. The first-order valence-corrected chi connectivity index (χ1v) is 7.52. The Labute approximate surface area is 134 Å². The number of carbonyl (C=O) groups is 1. The number of carbonyl (C=O) groups excluding carboxylic acids is 1. The highest BCUT2D eigenvalue weighted by Gasteiger charge is 2.17. The van der Waals surface area contributed by atoms with Crippen LogP contribution in [0.2, 0.25) is 0 Å². The predicted molar refractivity (Wildman–Crippen MR) is 87.4 cm³/mol. The SMILES string of the molecule is COc1cccc(C(=O)Nc2ccc3c(c2)CN(C)CC3)c1F. The van der Waals surface area contributed by atoms with Gasteiger partial charge in [0.1, 0.15) is 0 Å². The molecule has 1 aliphatic rings. The molecule has 120 valence electrons. The minimum atomic E-state index is -0.648. The number of nitrogens with zero attached hydrogens (tertiary/aromatic N) is 1. The lowest BCUT2D eigenvalue weighted by Gasteiger charge is -2.25. The summed E-state index contributed by atoms with van der Waals surface area (Å²) < 4.78 is 19.1. The van der Waals surface area contributed by atoms with Crippen LogP contribution in [0.15, 0.2) is 36.4 Å². The number of benzene rings is 2. The summed E-state index contributed by atoms with van der Waals surface area (Å²) >= 11 is 0. The summed E-state index contributed by atoms with van der Waals surface area (Å²) in [7, 11) is 3.44. The largest absolute Gasteiger partial charge is 0.494 e. The maximum absolute atomic E-state index is 14.2. The van der Waals surface area contributed by atoms with E-state index in [9.17, 15) is 9.18 Å². The zero-order valence-corrected chi connectivity index (χ0v) is 13.2. The Morgan fingerprint density at radius 2 is 2.09 bits per heavy atom. The highest BCUT2D eigenvalue weighted by atomic mass is 19.1. The first-order valence-electron chi connectivity index (χ1n) is 7.52. The Kier molecular flexibility index (Phi) is 4.30. The summed E-state index contributed by atoms with van der Waals surface area (Å²) in [4.78, 5) is 14.6. The van der Waals surface area contributed by atoms with Gasteiger partial charge in [-0.3, -0.25) is 4.79 Å². The lowest BCUT2D eigenvalue weighted by Crippen LogP contribution is -2.26. The normalized spacial score (nSPS) is 14.2. The number of amides is 1. The second kappa shape index (κ2) is 6.38. The van der Waals surface area contributed by atoms with E-state index in [1.54, 1.807) is 6.07 Å². The van der Waals surface area contributed by atoms with Crippen LogP contribution in [0.1, 0.15) is 21.5 Å². The van der Waals surface area contributed by atoms with Gasteiger partial charge in [0.15, 0.2) is 11.6 Å². The molecule has 0 bridgehead atoms. The van der Waals surface area contributed by atoms with Gasteiger partial charge in [-0.05, 0) is 48.9 Å². The molecule has 0 fully saturated rings. The first-order chi connectivity index (χ1) is 11.1. The molecular formula is C18H19FN2O2. The van der Waals surface area contributed by atoms with E-state index in [0.717, 1.165) is 19.5 Å². The zero-order valence-electron chi connectivity index (χ0n) is 13.2. The van der Waals surface area contributed by atoms with E-state index >= 15 is 0 Å². The molecule has 0 saturated heterocycles. The van der Waals surface area contributed by atoms with Crippen molar-refractivity contribution < 1.29 is 13.9 Å². The first kappa shape index (κ1) is 15.5. The average Bonchev–Trinajstić information content (AvgIpc) is 2.54. The van der Waals surface area contributed by atoms with Crippen molar-refractivity contribution in [2.75, 3.05) is 26.0 Å². The fraction of sp³-hybridized carbons (Fsp3) is 0.278. The number of hydrogen-bond acceptors (Lipinski definition) is 3. The highest BCUT2D eigenvalue weighted by molar-refractivity contribution is 6.04. The van der Waals surface area contributed by atoms with E-state index in [-0.39, 0.29) is 11.3 Å². The van der Waals surface area contributed by atoms with Crippen molar-refractivity contribution >= 4 is 11.6 Å². The average molecular weight is 314 g/mol. The van der Waals surface area contributed by atoms with Gasteiger partial charge in [-0.15, -0.1) is 0 Å². The monoisotopic (exact) mass is 314 g/mol. The van der Waals surface area contributed by atoms with Crippen LogP contribution < -0.4 is 10.1 Å². The molecule has 0 spiro atoms. The zero-order chi connectivity index (χ0) is 16.4. The fourth-order valence-electron chi connectivity index (χ4n) is 2.82. The topological polar surface area (TPSA) is 41.6 Å². The molecule has 5 heteroatoms. The third kappa shape index (κ3) is 3.19. The van der Waals surface area contributed by atoms with E-state index in [1.807, 2.05) is 18.2 Å². The van der Waals surface area contributed by atoms with E-state index in [1.165, 1.54) is 30.4 Å². The predicted octanol–water partition coefficient (Wildman–Crippen LogP) is 3.07. The molecule has 2 aromatic carbocycles. The number of rotatable bonds is 3. The van der Waals surface area contributed by atoms with Crippen molar-refractivity contribution in [1.29, 1.82) is 0 Å². The molecule has 0 aromatic heterocycles. The number of anilines is 1. The third-order valence-electron chi connectivity index (χ3n) is 4.10. The quantitative estimate of drug-likeness (QED) is 0.946. The Morgan fingerprint density at radius 1 is 1.26 bits per heavy atom. The molecule has 0 atom stereocenters. The summed E-state index contributed by atoms with van der Waals surface area (Å²) in [6.07, 6.45) is 1.00. The standard InChI is InChI=1S/C18H19FN2O2/c1-21-9-8-12-6-7-14(10-13(12)11-21)20-18(22)15-4-3-5-16(23-2)17(15)19/h3-7,10H,8-9,11H2,1-2H3,(H,20,22). The molecule has 0 aliphatic carbocycles. The molecule has 1 amide bonds. The van der Waals surface area contributed by atoms with Gasteiger partial charge in [-0.2, -0.15) is 0 Å². The van der Waals surface area contributed by atoms with Gasteiger partial charge >= 0.3 is 0 Å². The molecular weight excluding hydrogens is 295 g/mol. The maximum Gasteiger partial charge on any atom is 0.258 e. The molecule has 0 unspecified atom stereocenters. The number of ether oxygens (including phenoxy) is 1. The van der Waals surface area contributed by atoms with Crippen LogP contribution in [0, 0.1) is 5.82 Å². The number of halogens is 1. The molecule has 23 heavy (non-hydrogen) atoms. The number of hydrogen-bond donors (Lipinski definition) is 1. The van der Waals surface area contributed by atoms with E-state index < -0.39 is 11.7 Å². The molecule has 1 aliphatic heterocycles. The maximum atomic E-state index is 14.2. The van der Waals surface area contributed by atoms with Gasteiger partial charge < -0.3 is 15.0 Å². The summed E-state index contributed by atoms with van der Waals surface area (Å²) in [6, 6.07) is 10.4. The van der Waals surface area contributed by atoms with Crippen molar-refractivity contribution in [2.24, 2.45) is 0 Å². The minimum absolute atomic E-state index is 0.0285. The van der Waals surface area contributed by atoms with Crippen LogP contribution in [0.25, 0.3) is 0 Å². The Balaban J connectivity index is 1.82. The van der Waals surface area contributed by atoms with Crippen LogP contribution in [0.3, 0.4) is 0 Å². The summed E-state index contributed by atoms with van der Waals surface area (Å²) in [6.45, 7) is 1.89. The van der Waals surface area contributed by atoms with Gasteiger partial charge in [0, 0.05) is 18.8 Å². The van der Waals surface area contributed by atoms with Crippen LogP contribution in [0.4, 0.5) is 10.1 Å². The lowest BCUT2D eigenvalue weighted by molar-refractivity contribution is 0.102. The fourth-order valence-corrected chi connectivity index (χ4v) is 2.82. The molecule has 1 N–H and O–H groups in total. The van der Waals surface area contributed by atoms with Crippen molar-refractivity contribution in [1.82, 2.24) is 4.90 Å².